The number of ether oxygens (including phenoxy) is 1. The summed E-state index contributed by atoms with van der Waals surface area (Å²) in [5.41, 5.74) is 8.99. The summed E-state index contributed by atoms with van der Waals surface area (Å²) in [5, 5.41) is 3.70. The van der Waals surface area contributed by atoms with Crippen LogP contribution in [-0.2, 0) is 0 Å². The third-order valence-corrected chi connectivity index (χ3v) is 2.70. The topological polar surface area (TPSA) is 76.7 Å². The number of hydrogen-bond acceptors (Lipinski definition) is 3. The molecule has 5 heteroatoms. The molecular formula is C17H17N3O2. The van der Waals surface area contributed by atoms with E-state index >= 15 is 0 Å². The van der Waals surface area contributed by atoms with Crippen LogP contribution in [0.25, 0.3) is 6.08 Å². The Bertz CT molecular complexity index is 667. The molecule has 3 N–H and O–H groups in total. The van der Waals surface area contributed by atoms with Crippen LogP contribution in [0.5, 0.6) is 5.75 Å². The molecular weight excluding hydrogens is 278 g/mol. The molecule has 0 atom stereocenters. The van der Waals surface area contributed by atoms with Crippen LogP contribution in [0.15, 0.2) is 65.8 Å². The van der Waals surface area contributed by atoms with Crippen LogP contribution in [0, 0.1) is 0 Å². The normalized spacial score (nSPS) is 10.9. The van der Waals surface area contributed by atoms with Gasteiger partial charge in [-0.3, -0.25) is 0 Å². The number of nitrogens with one attached hydrogen (secondary N) is 1. The van der Waals surface area contributed by atoms with Crippen molar-refractivity contribution in [2.75, 3.05) is 6.61 Å². The first-order chi connectivity index (χ1) is 10.7. The van der Waals surface area contributed by atoms with Gasteiger partial charge in [-0.2, -0.15) is 5.10 Å². The second-order valence-corrected chi connectivity index (χ2v) is 4.43. The first-order valence-electron chi connectivity index (χ1n) is 6.77. The lowest BCUT2D eigenvalue weighted by molar-refractivity contribution is 0.249. The maximum Gasteiger partial charge on any atom is 0.332 e. The Hall–Kier alpha value is -3.08. The number of amides is 2. The molecule has 2 aromatic carbocycles. The largest absolute Gasteiger partial charge is 0.490 e. The molecule has 0 fully saturated rings. The van der Waals surface area contributed by atoms with Crippen LogP contribution in [-0.4, -0.2) is 18.9 Å². The van der Waals surface area contributed by atoms with Gasteiger partial charge in [-0.25, -0.2) is 10.2 Å². The molecule has 112 valence electrons. The Balaban J connectivity index is 1.86. The van der Waals surface area contributed by atoms with Gasteiger partial charge in [0, 0.05) is 0 Å². The number of hydrazone groups is 1. The van der Waals surface area contributed by atoms with Gasteiger partial charge in [-0.1, -0.05) is 48.5 Å². The SMILES string of the molecule is NC(=O)NN=Cc1cccc(OCC=Cc2ccccc2)c1. The van der Waals surface area contributed by atoms with E-state index in [0.717, 1.165) is 16.9 Å². The number of carbonyl (C=O) groups excluding carboxylic acids is 1. The summed E-state index contributed by atoms with van der Waals surface area (Å²) in [6.45, 7) is 0.467. The molecule has 2 aromatic rings. The first-order valence-corrected chi connectivity index (χ1v) is 6.77. The van der Waals surface area contributed by atoms with Crippen molar-refractivity contribution in [3.05, 3.63) is 71.8 Å². The number of rotatable bonds is 6. The maximum absolute atomic E-state index is 10.5. The minimum absolute atomic E-state index is 0.467. The summed E-state index contributed by atoms with van der Waals surface area (Å²) in [6, 6.07) is 16.7. The van der Waals surface area contributed by atoms with Crippen molar-refractivity contribution in [1.82, 2.24) is 5.43 Å². The molecule has 0 aliphatic rings. The number of primary amides is 1. The zero-order valence-electron chi connectivity index (χ0n) is 12.0. The molecule has 2 rings (SSSR count). The average Bonchev–Trinajstić information content (AvgIpc) is 2.53. The number of hydrogen-bond donors (Lipinski definition) is 2. The Morgan fingerprint density at radius 3 is 2.68 bits per heavy atom. The molecule has 0 spiro atoms. The summed E-state index contributed by atoms with van der Waals surface area (Å²) in [6.07, 6.45) is 5.45. The van der Waals surface area contributed by atoms with Crippen molar-refractivity contribution >= 4 is 18.3 Å². The number of carbonyl (C=O) groups is 1. The third kappa shape index (κ3) is 5.50. The fraction of sp³-hybridized carbons (Fsp3) is 0.0588. The van der Waals surface area contributed by atoms with E-state index in [0.29, 0.717) is 6.61 Å². The molecule has 0 saturated carbocycles. The van der Waals surface area contributed by atoms with Gasteiger partial charge < -0.3 is 10.5 Å². The van der Waals surface area contributed by atoms with E-state index in [2.05, 4.69) is 10.5 Å². The highest BCUT2D eigenvalue weighted by molar-refractivity contribution is 5.81. The lowest BCUT2D eigenvalue weighted by Crippen LogP contribution is -2.24. The monoisotopic (exact) mass is 295 g/mol. The number of nitrogens with two attached hydrogens (primary N) is 1. The van der Waals surface area contributed by atoms with Crippen LogP contribution < -0.4 is 15.9 Å². The Morgan fingerprint density at radius 2 is 1.91 bits per heavy atom. The van der Waals surface area contributed by atoms with E-state index in [-0.39, 0.29) is 0 Å². The smallest absolute Gasteiger partial charge is 0.332 e. The average molecular weight is 295 g/mol. The molecule has 0 aliphatic heterocycles. The summed E-state index contributed by atoms with van der Waals surface area (Å²) in [5.74, 6) is 0.723. The third-order valence-electron chi connectivity index (χ3n) is 2.70. The van der Waals surface area contributed by atoms with Crippen LogP contribution in [0.2, 0.25) is 0 Å². The summed E-state index contributed by atoms with van der Waals surface area (Å²) < 4.78 is 5.64. The van der Waals surface area contributed by atoms with E-state index in [4.69, 9.17) is 10.5 Å². The van der Waals surface area contributed by atoms with Crippen molar-refractivity contribution in [2.45, 2.75) is 0 Å². The zero-order valence-corrected chi connectivity index (χ0v) is 12.0. The molecule has 0 unspecified atom stereocenters. The first kappa shape index (κ1) is 15.3. The molecule has 2 amide bonds. The van der Waals surface area contributed by atoms with Crippen molar-refractivity contribution in [2.24, 2.45) is 10.8 Å². The van der Waals surface area contributed by atoms with Gasteiger partial charge >= 0.3 is 6.03 Å². The fourth-order valence-corrected chi connectivity index (χ4v) is 1.75. The van der Waals surface area contributed by atoms with Crippen molar-refractivity contribution in [3.8, 4) is 5.75 Å². The molecule has 0 radical (unpaired) electrons. The quantitative estimate of drug-likeness (QED) is 0.635. The van der Waals surface area contributed by atoms with E-state index in [1.807, 2.05) is 66.7 Å². The van der Waals surface area contributed by atoms with Gasteiger partial charge in [-0.15, -0.1) is 0 Å². The Labute approximate surface area is 129 Å². The molecule has 22 heavy (non-hydrogen) atoms. The summed E-state index contributed by atoms with van der Waals surface area (Å²) >= 11 is 0. The molecule has 0 aliphatic carbocycles. The number of urea groups is 1. The molecule has 0 saturated heterocycles. The molecule has 0 aromatic heterocycles. The molecule has 0 heterocycles. The Morgan fingerprint density at radius 1 is 1.14 bits per heavy atom. The summed E-state index contributed by atoms with van der Waals surface area (Å²) in [7, 11) is 0. The van der Waals surface area contributed by atoms with Crippen LogP contribution >= 0.6 is 0 Å². The van der Waals surface area contributed by atoms with E-state index < -0.39 is 6.03 Å². The maximum atomic E-state index is 10.5. The van der Waals surface area contributed by atoms with E-state index in [9.17, 15) is 4.79 Å². The predicted octanol–water partition coefficient (Wildman–Crippen LogP) is 2.78. The van der Waals surface area contributed by atoms with Gasteiger partial charge in [0.25, 0.3) is 0 Å². The lowest BCUT2D eigenvalue weighted by atomic mass is 10.2. The van der Waals surface area contributed by atoms with E-state index in [1.165, 1.54) is 6.21 Å². The zero-order chi connectivity index (χ0) is 15.6. The number of nitrogens with zero attached hydrogens (tertiary/aromatic N) is 1. The van der Waals surface area contributed by atoms with Crippen molar-refractivity contribution in [1.29, 1.82) is 0 Å². The fourth-order valence-electron chi connectivity index (χ4n) is 1.75. The highest BCUT2D eigenvalue weighted by atomic mass is 16.5. The van der Waals surface area contributed by atoms with Crippen LogP contribution in [0.3, 0.4) is 0 Å². The Kier molecular flexibility index (Phi) is 5.75. The minimum Gasteiger partial charge on any atom is -0.490 e. The lowest BCUT2D eigenvalue weighted by Gasteiger charge is -2.03. The van der Waals surface area contributed by atoms with Gasteiger partial charge in [0.2, 0.25) is 0 Å². The molecule has 0 bridgehead atoms. The van der Waals surface area contributed by atoms with Gasteiger partial charge in [0.15, 0.2) is 0 Å². The highest BCUT2D eigenvalue weighted by Gasteiger charge is 1.94. The van der Waals surface area contributed by atoms with Gasteiger partial charge in [0.05, 0.1) is 6.21 Å². The number of benzene rings is 2. The summed E-state index contributed by atoms with van der Waals surface area (Å²) in [4.78, 5) is 10.5. The van der Waals surface area contributed by atoms with Crippen LogP contribution in [0.4, 0.5) is 4.79 Å². The standard InChI is InChI=1S/C17H17N3O2/c18-17(21)20-19-13-15-8-4-10-16(12-15)22-11-5-9-14-6-2-1-3-7-14/h1-10,12-13H,11H2,(H3,18,20,21). The van der Waals surface area contributed by atoms with E-state index in [1.54, 1.807) is 0 Å². The predicted molar refractivity (Wildman–Crippen MR) is 87.7 cm³/mol. The van der Waals surface area contributed by atoms with Gasteiger partial charge in [-0.05, 0) is 29.3 Å². The van der Waals surface area contributed by atoms with Crippen molar-refractivity contribution < 1.29 is 9.53 Å². The van der Waals surface area contributed by atoms with Crippen LogP contribution in [0.1, 0.15) is 11.1 Å². The second kappa shape index (κ2) is 8.26. The highest BCUT2D eigenvalue weighted by Crippen LogP contribution is 2.12. The second-order valence-electron chi connectivity index (χ2n) is 4.43. The molecule has 5 nitrogen and oxygen atoms in total. The minimum atomic E-state index is -0.699. The van der Waals surface area contributed by atoms with Crippen molar-refractivity contribution in [3.63, 3.8) is 0 Å². The van der Waals surface area contributed by atoms with Gasteiger partial charge in [0.1, 0.15) is 12.4 Å².